The first-order chi connectivity index (χ1) is 26.5. The third-order valence-electron chi connectivity index (χ3n) is 6.74. The fraction of sp³-hybridized carbons (Fsp3) is 0. The number of furan rings is 1. The average Bonchev–Trinajstić information content (AvgIpc) is 3.56. The van der Waals surface area contributed by atoms with E-state index in [4.69, 9.17) is 35.2 Å². The molecule has 0 aliphatic carbocycles. The minimum absolute atomic E-state index is 0.0109. The number of fused-ring (bicyclic) bond motifs is 4. The van der Waals surface area contributed by atoms with Crippen molar-refractivity contribution in [2.45, 2.75) is 0 Å². The Morgan fingerprint density at radius 2 is 1.12 bits per heavy atom. The van der Waals surface area contributed by atoms with Crippen molar-refractivity contribution in [2.75, 3.05) is 0 Å². The summed E-state index contributed by atoms with van der Waals surface area (Å²) in [6, 6.07) is 5.66. The minimum Gasteiger partial charge on any atom is -0.454 e. The smallest absolute Gasteiger partial charge is 0.164 e. The van der Waals surface area contributed by atoms with Crippen molar-refractivity contribution in [1.82, 2.24) is 15.0 Å². The summed E-state index contributed by atoms with van der Waals surface area (Å²) >= 11 is 6.57. The Morgan fingerprint density at radius 3 is 1.81 bits per heavy atom. The fourth-order valence-corrected chi connectivity index (χ4v) is 5.12. The first-order valence-electron chi connectivity index (χ1n) is 19.6. The van der Waals surface area contributed by atoms with Crippen LogP contribution in [0.1, 0.15) is 19.2 Å². The van der Waals surface area contributed by atoms with Gasteiger partial charge in [-0.1, -0.05) is 127 Å². The molecule has 0 amide bonds. The van der Waals surface area contributed by atoms with E-state index in [2.05, 4.69) is 15.0 Å². The summed E-state index contributed by atoms with van der Waals surface area (Å²) in [5.74, 6) is -0.954. The molecule has 2 heterocycles. The summed E-state index contributed by atoms with van der Waals surface area (Å²) in [5.41, 5.74) is 0.534. The Labute approximate surface area is 266 Å². The number of nitrogens with zero attached hydrogens (tertiary/aromatic N) is 3. The van der Waals surface area contributed by atoms with Crippen LogP contribution in [-0.4, -0.2) is 15.0 Å². The van der Waals surface area contributed by atoms with Gasteiger partial charge in [-0.3, -0.25) is 0 Å². The highest BCUT2D eigenvalue weighted by Gasteiger charge is 2.19. The maximum absolute atomic E-state index is 9.07. The number of aromatic nitrogens is 3. The second-order valence-electron chi connectivity index (χ2n) is 9.11. The molecule has 0 aliphatic rings. The zero-order chi connectivity index (χ0) is 40.2. The lowest BCUT2D eigenvalue weighted by Gasteiger charge is -2.14. The van der Waals surface area contributed by atoms with E-state index in [1.165, 1.54) is 12.1 Å². The summed E-state index contributed by atoms with van der Waals surface area (Å²) in [6.45, 7) is 0. The molecule has 0 saturated carbocycles. The van der Waals surface area contributed by atoms with Crippen LogP contribution >= 0.6 is 11.6 Å². The van der Waals surface area contributed by atoms with Crippen LogP contribution in [0.15, 0.2) is 138 Å². The summed E-state index contributed by atoms with van der Waals surface area (Å²) in [7, 11) is 0. The molecule has 0 N–H and O–H groups in total. The van der Waals surface area contributed by atoms with E-state index in [0.717, 1.165) is 0 Å². The van der Waals surface area contributed by atoms with Gasteiger partial charge in [0, 0.05) is 27.5 Å². The van der Waals surface area contributed by atoms with Gasteiger partial charge in [0.2, 0.25) is 0 Å². The second-order valence-corrected chi connectivity index (χ2v) is 9.52. The molecule has 2 aromatic heterocycles. The van der Waals surface area contributed by atoms with Crippen molar-refractivity contribution in [1.29, 1.82) is 0 Å². The molecule has 0 bridgehead atoms. The van der Waals surface area contributed by atoms with E-state index in [1.807, 2.05) is 0 Å². The van der Waals surface area contributed by atoms with Gasteiger partial charge in [-0.15, -0.1) is 0 Å². The molecule has 0 spiro atoms. The quantitative estimate of drug-likeness (QED) is 0.210. The van der Waals surface area contributed by atoms with Gasteiger partial charge in [0.15, 0.2) is 23.1 Å². The first kappa shape index (κ1) is 14.0. The molecule has 8 aromatic rings. The number of halogens is 1. The molecule has 0 aliphatic heterocycles. The van der Waals surface area contributed by atoms with Gasteiger partial charge in [0.05, 0.1) is 24.2 Å². The van der Waals surface area contributed by atoms with Crippen LogP contribution in [0.3, 0.4) is 0 Å². The molecule has 0 unspecified atom stereocenters. The zero-order valence-corrected chi connectivity index (χ0v) is 22.0. The Bertz CT molecular complexity index is 2920. The van der Waals surface area contributed by atoms with Gasteiger partial charge in [-0.05, 0) is 40.1 Å². The molecule has 0 saturated heterocycles. The molecule has 8 rings (SSSR count). The van der Waals surface area contributed by atoms with Gasteiger partial charge in [0.25, 0.3) is 0 Å². The topological polar surface area (TPSA) is 51.8 Å². The van der Waals surface area contributed by atoms with Gasteiger partial charge in [-0.25, -0.2) is 15.0 Å². The standard InChI is InChI=1S/C37H22ClN3O/c38-31-22-21-28(33-30-17-9-10-18-32(30)42-34(31)33)27-19-20-29(26-16-8-7-15-25(26)27)37-40-35(23-11-3-1-4-12-23)39-36(41-37)24-13-5-2-6-14-24/h1-22H/i1D,2D,3D,4D,5D,6D,9D,10D,11D,12D,13D,14D,18D,21D. The van der Waals surface area contributed by atoms with Gasteiger partial charge in [-0.2, -0.15) is 0 Å². The Balaban J connectivity index is 1.46. The molecule has 6 aromatic carbocycles. The van der Waals surface area contributed by atoms with Gasteiger partial charge >= 0.3 is 0 Å². The van der Waals surface area contributed by atoms with E-state index >= 15 is 0 Å². The van der Waals surface area contributed by atoms with Crippen molar-refractivity contribution < 1.29 is 23.6 Å². The predicted molar refractivity (Wildman–Crippen MR) is 171 cm³/mol. The van der Waals surface area contributed by atoms with Crippen molar-refractivity contribution in [3.8, 4) is 45.3 Å². The molecule has 0 fully saturated rings. The highest BCUT2D eigenvalue weighted by Crippen LogP contribution is 2.43. The van der Waals surface area contributed by atoms with Crippen LogP contribution in [0.2, 0.25) is 5.02 Å². The van der Waals surface area contributed by atoms with Crippen LogP contribution in [-0.2, 0) is 0 Å². The predicted octanol–water partition coefficient (Wildman–Crippen LogP) is 10.2. The molecular weight excluding hydrogens is 538 g/mol. The Hall–Kier alpha value is -5.32. The van der Waals surface area contributed by atoms with E-state index in [0.29, 0.717) is 38.2 Å². The van der Waals surface area contributed by atoms with Crippen molar-refractivity contribution >= 4 is 44.3 Å². The van der Waals surface area contributed by atoms with Crippen LogP contribution in [0, 0.1) is 0 Å². The van der Waals surface area contributed by atoms with Crippen LogP contribution in [0.25, 0.3) is 78.0 Å². The highest BCUT2D eigenvalue weighted by molar-refractivity contribution is 6.37. The second kappa shape index (κ2) is 9.95. The van der Waals surface area contributed by atoms with Crippen LogP contribution in [0.4, 0.5) is 0 Å². The van der Waals surface area contributed by atoms with E-state index in [1.54, 1.807) is 36.4 Å². The number of para-hydroxylation sites is 1. The lowest BCUT2D eigenvalue weighted by molar-refractivity contribution is 0.669. The summed E-state index contributed by atoms with van der Waals surface area (Å²) in [5, 5.41) is 1.79. The van der Waals surface area contributed by atoms with Gasteiger partial charge in [0.1, 0.15) is 5.58 Å². The van der Waals surface area contributed by atoms with Crippen molar-refractivity contribution in [2.24, 2.45) is 0 Å². The number of hydrogen-bond donors (Lipinski definition) is 0. The number of rotatable bonds is 4. The zero-order valence-electron chi connectivity index (χ0n) is 35.2. The average molecular weight is 574 g/mol. The van der Waals surface area contributed by atoms with E-state index in [9.17, 15) is 0 Å². The SMILES string of the molecule is [2H]c1cc2c(oc3c(Cl)cc([2H])c(-c4ccc(-c5nc(-c6c([2H])c([2H])c([2H])c([2H])c6[2H])nc(-c6c([2H])c([2H])c([2H])c([2H])c6[2H])n5)c5ccccc45)c32)c([2H])c1[2H]. The lowest BCUT2D eigenvalue weighted by atomic mass is 9.92. The third-order valence-corrected chi connectivity index (χ3v) is 7.02. The molecular formula is C37H22ClN3O. The number of benzene rings is 6. The largest absolute Gasteiger partial charge is 0.454 e. The maximum atomic E-state index is 9.07. The Morgan fingerprint density at radius 1 is 0.524 bits per heavy atom. The summed E-state index contributed by atoms with van der Waals surface area (Å²) < 4.78 is 124. The molecule has 5 heteroatoms. The van der Waals surface area contributed by atoms with Crippen LogP contribution < -0.4 is 0 Å². The number of hydrogen-bond acceptors (Lipinski definition) is 4. The highest BCUT2D eigenvalue weighted by atomic mass is 35.5. The normalized spacial score (nSPS) is 16.1. The molecule has 4 nitrogen and oxygen atoms in total. The fourth-order valence-electron chi connectivity index (χ4n) is 4.93. The van der Waals surface area contributed by atoms with Crippen molar-refractivity contribution in [3.63, 3.8) is 0 Å². The third kappa shape index (κ3) is 4.04. The van der Waals surface area contributed by atoms with E-state index < -0.39 is 83.2 Å². The van der Waals surface area contributed by atoms with Crippen LogP contribution in [0.5, 0.6) is 0 Å². The lowest BCUT2D eigenvalue weighted by Crippen LogP contribution is -2.00. The summed E-state index contributed by atoms with van der Waals surface area (Å²) in [6.07, 6.45) is 0. The summed E-state index contributed by atoms with van der Waals surface area (Å²) in [4.78, 5) is 13.5. The van der Waals surface area contributed by atoms with Crippen molar-refractivity contribution in [3.05, 3.63) is 138 Å². The monoisotopic (exact) mass is 573 g/mol. The molecule has 198 valence electrons. The first-order valence-corrected chi connectivity index (χ1v) is 13.0. The molecule has 0 atom stereocenters. The maximum Gasteiger partial charge on any atom is 0.164 e. The minimum atomic E-state index is -0.664. The van der Waals surface area contributed by atoms with Gasteiger partial charge < -0.3 is 4.42 Å². The molecule has 42 heavy (non-hydrogen) atoms. The molecule has 0 radical (unpaired) electrons. The van der Waals surface area contributed by atoms with E-state index in [-0.39, 0.29) is 46.2 Å². The Kier molecular flexibility index (Phi) is 3.32.